The van der Waals surface area contributed by atoms with Crippen molar-refractivity contribution in [3.8, 4) is 17.2 Å². The highest BCUT2D eigenvalue weighted by atomic mass is 16.3. The van der Waals surface area contributed by atoms with Gasteiger partial charge in [-0.3, -0.25) is 0 Å². The molecule has 3 heteroatoms. The highest BCUT2D eigenvalue weighted by molar-refractivity contribution is 5.56. The molecule has 0 bridgehead atoms. The lowest BCUT2D eigenvalue weighted by atomic mass is 9.69. The van der Waals surface area contributed by atoms with E-state index >= 15 is 0 Å². The molecule has 2 aliphatic rings. The summed E-state index contributed by atoms with van der Waals surface area (Å²) in [5.74, 6) is 1.77. The van der Waals surface area contributed by atoms with E-state index in [1.165, 1.54) is 38.5 Å². The molecule has 3 aromatic rings. The van der Waals surface area contributed by atoms with Crippen molar-refractivity contribution in [3.05, 3.63) is 88.5 Å². The van der Waals surface area contributed by atoms with Crippen molar-refractivity contribution < 1.29 is 15.3 Å². The van der Waals surface area contributed by atoms with E-state index in [4.69, 9.17) is 0 Å². The molecule has 0 aliphatic heterocycles. The summed E-state index contributed by atoms with van der Waals surface area (Å²) in [6.07, 6.45) is 11.8. The number of rotatable bonds is 5. The Kier molecular flexibility index (Phi) is 6.77. The molecule has 0 radical (unpaired) electrons. The Morgan fingerprint density at radius 1 is 0.571 bits per heavy atom. The van der Waals surface area contributed by atoms with E-state index in [2.05, 4.69) is 25.1 Å². The molecule has 3 nitrogen and oxygen atoms in total. The first-order valence-corrected chi connectivity index (χ1v) is 13.4. The van der Waals surface area contributed by atoms with E-state index in [0.717, 1.165) is 53.5 Å². The number of hydrogen-bond acceptors (Lipinski definition) is 3. The number of benzene rings is 3. The maximum Gasteiger partial charge on any atom is 0.119 e. The van der Waals surface area contributed by atoms with Gasteiger partial charge in [-0.05, 0) is 96.5 Å². The largest absolute Gasteiger partial charge is 0.508 e. The fourth-order valence-electron chi connectivity index (χ4n) is 6.53. The molecule has 0 spiro atoms. The second-order valence-electron chi connectivity index (χ2n) is 10.9. The van der Waals surface area contributed by atoms with E-state index < -0.39 is 5.41 Å². The first-order valence-electron chi connectivity index (χ1n) is 13.4. The number of phenolic OH excluding ortho intramolecular Hbond substituents is 3. The van der Waals surface area contributed by atoms with Crippen LogP contribution in [0.1, 0.15) is 111 Å². The lowest BCUT2D eigenvalue weighted by molar-refractivity contribution is 0.412. The number of hydrogen-bond donors (Lipinski definition) is 3. The van der Waals surface area contributed by atoms with Crippen LogP contribution in [0.25, 0.3) is 0 Å². The second kappa shape index (κ2) is 9.97. The number of phenols is 3. The minimum absolute atomic E-state index is 0.242. The highest BCUT2D eigenvalue weighted by Gasteiger charge is 2.34. The molecule has 5 rings (SSSR count). The van der Waals surface area contributed by atoms with Gasteiger partial charge in [0, 0.05) is 5.41 Å². The van der Waals surface area contributed by atoms with Gasteiger partial charge in [-0.25, -0.2) is 0 Å². The Hall–Kier alpha value is -2.94. The lowest BCUT2D eigenvalue weighted by Gasteiger charge is -2.34. The standard InChI is InChI=1S/C32H38O3/c1-32(24-13-8-14-27(33)19-24,25-15-17-30(34)28(20-25)22-9-4-2-5-10-22)26-16-18-31(35)29(21-26)23-11-6-3-7-12-23/h8,13-23,33-35H,2-7,9-12H2,1H3. The van der Waals surface area contributed by atoms with Crippen LogP contribution >= 0.6 is 0 Å². The molecule has 2 saturated carbocycles. The van der Waals surface area contributed by atoms with E-state index in [1.54, 1.807) is 6.07 Å². The van der Waals surface area contributed by atoms with E-state index in [0.29, 0.717) is 23.3 Å². The van der Waals surface area contributed by atoms with Crippen molar-refractivity contribution in [2.75, 3.05) is 0 Å². The quantitative estimate of drug-likeness (QED) is 0.329. The zero-order chi connectivity index (χ0) is 24.4. The van der Waals surface area contributed by atoms with Crippen molar-refractivity contribution in [3.63, 3.8) is 0 Å². The zero-order valence-electron chi connectivity index (χ0n) is 20.8. The number of aromatic hydroxyl groups is 3. The predicted molar refractivity (Wildman–Crippen MR) is 142 cm³/mol. The summed E-state index contributed by atoms with van der Waals surface area (Å²) < 4.78 is 0. The second-order valence-corrected chi connectivity index (χ2v) is 10.9. The summed E-state index contributed by atoms with van der Waals surface area (Å²) in [4.78, 5) is 0. The van der Waals surface area contributed by atoms with Gasteiger partial charge in [-0.15, -0.1) is 0 Å². The molecule has 0 amide bonds. The van der Waals surface area contributed by atoms with Gasteiger partial charge >= 0.3 is 0 Å². The Balaban J connectivity index is 1.66. The molecule has 35 heavy (non-hydrogen) atoms. The topological polar surface area (TPSA) is 60.7 Å². The third-order valence-corrected chi connectivity index (χ3v) is 8.72. The summed E-state index contributed by atoms with van der Waals surface area (Å²) in [5.41, 5.74) is 4.73. The fraction of sp³-hybridized carbons (Fsp3) is 0.438. The summed E-state index contributed by atoms with van der Waals surface area (Å²) in [5, 5.41) is 32.0. The first-order chi connectivity index (χ1) is 17.0. The van der Waals surface area contributed by atoms with Crippen LogP contribution in [0.2, 0.25) is 0 Å². The van der Waals surface area contributed by atoms with Crippen LogP contribution in [0.4, 0.5) is 0 Å². The molecule has 0 atom stereocenters. The summed E-state index contributed by atoms with van der Waals surface area (Å²) in [7, 11) is 0. The molecular weight excluding hydrogens is 432 g/mol. The minimum Gasteiger partial charge on any atom is -0.508 e. The van der Waals surface area contributed by atoms with Gasteiger partial charge in [0.25, 0.3) is 0 Å². The van der Waals surface area contributed by atoms with Gasteiger partial charge < -0.3 is 15.3 Å². The maximum atomic E-state index is 10.8. The molecule has 0 unspecified atom stereocenters. The summed E-state index contributed by atoms with van der Waals surface area (Å²) in [6, 6.07) is 19.7. The van der Waals surface area contributed by atoms with Gasteiger partial charge in [0.05, 0.1) is 0 Å². The molecule has 2 fully saturated rings. The van der Waals surface area contributed by atoms with Gasteiger partial charge in [-0.1, -0.05) is 74.9 Å². The monoisotopic (exact) mass is 470 g/mol. The van der Waals surface area contributed by atoms with Crippen LogP contribution in [-0.2, 0) is 5.41 Å². The summed E-state index contributed by atoms with van der Waals surface area (Å²) >= 11 is 0. The van der Waals surface area contributed by atoms with Gasteiger partial charge in [-0.2, -0.15) is 0 Å². The third-order valence-electron chi connectivity index (χ3n) is 8.72. The van der Waals surface area contributed by atoms with E-state index in [-0.39, 0.29) is 5.75 Å². The molecule has 0 saturated heterocycles. The van der Waals surface area contributed by atoms with Crippen LogP contribution < -0.4 is 0 Å². The Morgan fingerprint density at radius 2 is 1.03 bits per heavy atom. The molecular formula is C32H38O3. The maximum absolute atomic E-state index is 10.8. The molecule has 2 aliphatic carbocycles. The Morgan fingerprint density at radius 3 is 1.49 bits per heavy atom. The first kappa shape index (κ1) is 23.8. The average molecular weight is 471 g/mol. The summed E-state index contributed by atoms with van der Waals surface area (Å²) in [6.45, 7) is 2.20. The van der Waals surface area contributed by atoms with Gasteiger partial charge in [0.2, 0.25) is 0 Å². The van der Waals surface area contributed by atoms with Crippen LogP contribution in [-0.4, -0.2) is 15.3 Å². The molecule has 0 aromatic heterocycles. The normalized spacial score (nSPS) is 18.0. The van der Waals surface area contributed by atoms with Crippen LogP contribution in [0, 0.1) is 0 Å². The molecule has 0 heterocycles. The highest BCUT2D eigenvalue weighted by Crippen LogP contribution is 2.46. The minimum atomic E-state index is -0.549. The lowest BCUT2D eigenvalue weighted by Crippen LogP contribution is -2.26. The Bertz CT molecular complexity index is 1100. The van der Waals surface area contributed by atoms with Crippen molar-refractivity contribution in [2.24, 2.45) is 0 Å². The van der Waals surface area contributed by atoms with E-state index in [1.807, 2.05) is 36.4 Å². The van der Waals surface area contributed by atoms with Crippen LogP contribution in [0.5, 0.6) is 17.2 Å². The van der Waals surface area contributed by atoms with Gasteiger partial charge in [0.15, 0.2) is 0 Å². The smallest absolute Gasteiger partial charge is 0.119 e. The van der Waals surface area contributed by atoms with Crippen molar-refractivity contribution in [1.29, 1.82) is 0 Å². The molecule has 3 N–H and O–H groups in total. The van der Waals surface area contributed by atoms with Crippen molar-refractivity contribution >= 4 is 0 Å². The van der Waals surface area contributed by atoms with Crippen LogP contribution in [0.3, 0.4) is 0 Å². The van der Waals surface area contributed by atoms with Gasteiger partial charge in [0.1, 0.15) is 17.2 Å². The fourth-order valence-corrected chi connectivity index (χ4v) is 6.53. The van der Waals surface area contributed by atoms with Crippen molar-refractivity contribution in [1.82, 2.24) is 0 Å². The third kappa shape index (κ3) is 4.66. The predicted octanol–water partition coefficient (Wildman–Crippen LogP) is 8.25. The SMILES string of the molecule is CC(c1cccc(O)c1)(c1ccc(O)c(C2CCCCC2)c1)c1ccc(O)c(C2CCCCC2)c1. The molecule has 3 aromatic carbocycles. The zero-order valence-corrected chi connectivity index (χ0v) is 20.8. The molecule has 184 valence electrons. The Labute approximate surface area is 209 Å². The van der Waals surface area contributed by atoms with Crippen LogP contribution in [0.15, 0.2) is 60.7 Å². The average Bonchev–Trinajstić information content (AvgIpc) is 2.90. The van der Waals surface area contributed by atoms with Crippen molar-refractivity contribution in [2.45, 2.75) is 88.4 Å². The van der Waals surface area contributed by atoms with E-state index in [9.17, 15) is 15.3 Å².